The second-order valence-corrected chi connectivity index (χ2v) is 12.4. The van der Waals surface area contributed by atoms with E-state index in [0.29, 0.717) is 18.9 Å². The van der Waals surface area contributed by atoms with Gasteiger partial charge in [0.05, 0.1) is 30.2 Å². The molecule has 232 valence electrons. The van der Waals surface area contributed by atoms with Gasteiger partial charge in [0.15, 0.2) is 5.82 Å². The van der Waals surface area contributed by atoms with Crippen molar-refractivity contribution in [3.63, 3.8) is 0 Å². The first-order chi connectivity index (χ1) is 21.2. The van der Waals surface area contributed by atoms with Crippen molar-refractivity contribution in [3.05, 3.63) is 98.5 Å². The van der Waals surface area contributed by atoms with Gasteiger partial charge in [0.1, 0.15) is 5.65 Å². The number of nitrogens with one attached hydrogen (secondary N) is 1. The van der Waals surface area contributed by atoms with Crippen LogP contribution in [0.25, 0.3) is 28.2 Å². The number of aryl methyl sites for hydroxylation is 1. The van der Waals surface area contributed by atoms with E-state index in [1.165, 1.54) is 0 Å². The molecule has 2 aromatic carbocycles. The number of H-pyrrole nitrogens is 1. The van der Waals surface area contributed by atoms with Crippen molar-refractivity contribution in [1.29, 1.82) is 0 Å². The smallest absolute Gasteiger partial charge is 1.00 e. The minimum atomic E-state index is -0.861. The number of aromatic nitrogens is 5. The third-order valence-corrected chi connectivity index (χ3v) is 8.39. The summed E-state index contributed by atoms with van der Waals surface area (Å²) < 4.78 is 14.6. The minimum absolute atomic E-state index is 0. The number of aromatic amines is 1. The van der Waals surface area contributed by atoms with Gasteiger partial charge in [-0.25, -0.2) is 9.31 Å². The maximum atomic E-state index is 14.3. The van der Waals surface area contributed by atoms with Crippen LogP contribution in [0.2, 0.25) is 0 Å². The van der Waals surface area contributed by atoms with Crippen LogP contribution in [0, 0.1) is 0 Å². The van der Waals surface area contributed by atoms with Crippen molar-refractivity contribution in [3.8, 4) is 22.5 Å². The van der Waals surface area contributed by atoms with Crippen LogP contribution in [0.4, 0.5) is 0 Å². The van der Waals surface area contributed by atoms with Crippen molar-refractivity contribution >= 4 is 5.65 Å². The molecule has 0 unspecified atom stereocenters. The van der Waals surface area contributed by atoms with E-state index in [4.69, 9.17) is 9.26 Å². The average Bonchev–Trinajstić information content (AvgIpc) is 3.68. The molecule has 1 aliphatic carbocycles. The van der Waals surface area contributed by atoms with E-state index in [1.807, 2.05) is 51.5 Å². The van der Waals surface area contributed by atoms with Gasteiger partial charge >= 0.3 is 57.1 Å². The molecule has 6 rings (SSSR count). The normalized spacial score (nSPS) is 17.0. The summed E-state index contributed by atoms with van der Waals surface area (Å²) in [6, 6.07) is 17.9. The fraction of sp³-hybridized carbons (Fsp3) is 0.412. The molecule has 1 fully saturated rings. The van der Waals surface area contributed by atoms with Crippen LogP contribution in [-0.2, 0) is 17.6 Å². The number of nitrogens with zero attached hydrogens (tertiary/aromatic N) is 4. The van der Waals surface area contributed by atoms with E-state index in [2.05, 4.69) is 34.3 Å². The quantitative estimate of drug-likeness (QED) is 0.225. The zero-order valence-electron chi connectivity index (χ0n) is 27.5. The van der Waals surface area contributed by atoms with Crippen LogP contribution < -0.4 is 62.7 Å². The van der Waals surface area contributed by atoms with E-state index < -0.39 is 11.4 Å². The first-order valence-corrected chi connectivity index (χ1v) is 15.4. The van der Waals surface area contributed by atoms with Gasteiger partial charge in [-0.05, 0) is 62.6 Å². The third-order valence-electron chi connectivity index (χ3n) is 8.39. The van der Waals surface area contributed by atoms with E-state index in [0.717, 1.165) is 77.7 Å². The van der Waals surface area contributed by atoms with Crippen molar-refractivity contribution < 1.29 is 67.2 Å². The minimum Gasteiger partial charge on any atom is -1.00 e. The Kier molecular flexibility index (Phi) is 10.8. The Morgan fingerprint density at radius 2 is 1.76 bits per heavy atom. The molecule has 0 saturated heterocycles. The molecule has 1 aliphatic rings. The molecule has 0 aliphatic heterocycles. The average molecular weight is 638 g/mol. The molecule has 3 heterocycles. The van der Waals surface area contributed by atoms with Crippen molar-refractivity contribution in [2.75, 3.05) is 6.61 Å². The maximum absolute atomic E-state index is 14.3. The molecule has 1 saturated carbocycles. The van der Waals surface area contributed by atoms with Crippen LogP contribution in [0.15, 0.2) is 74.9 Å². The molecule has 0 radical (unpaired) electrons. The Morgan fingerprint density at radius 3 is 2.40 bits per heavy atom. The van der Waals surface area contributed by atoms with Gasteiger partial charge in [0.2, 0.25) is 0 Å². The SMILES string of the molecule is CCCc1c(Cc2ccc(-c3ccccc3-c3noc(=O)[nH]3)cc2)c(=O)n(C2CCC(OCC(C)(C)O)CC2)c2ccnn12.[H-].[K+]. The fourth-order valence-corrected chi connectivity index (χ4v) is 6.30. The molecule has 45 heavy (non-hydrogen) atoms. The predicted octanol–water partition coefficient (Wildman–Crippen LogP) is 2.44. The monoisotopic (exact) mass is 637 g/mol. The van der Waals surface area contributed by atoms with Gasteiger partial charge in [-0.3, -0.25) is 18.9 Å². The molecule has 10 nitrogen and oxygen atoms in total. The molecule has 11 heteroatoms. The Labute approximate surface area is 305 Å². The molecule has 0 atom stereocenters. The molecule has 5 aromatic rings. The maximum Gasteiger partial charge on any atom is 1.00 e. The summed E-state index contributed by atoms with van der Waals surface area (Å²) in [5, 5.41) is 18.6. The van der Waals surface area contributed by atoms with Crippen LogP contribution in [0.1, 0.15) is 77.2 Å². The van der Waals surface area contributed by atoms with Gasteiger partial charge in [-0.1, -0.05) is 67.0 Å². The van der Waals surface area contributed by atoms with Gasteiger partial charge in [0, 0.05) is 29.7 Å². The van der Waals surface area contributed by atoms with Crippen LogP contribution in [-0.4, -0.2) is 47.7 Å². The fourth-order valence-electron chi connectivity index (χ4n) is 6.30. The second kappa shape index (κ2) is 14.4. The first-order valence-electron chi connectivity index (χ1n) is 15.4. The van der Waals surface area contributed by atoms with Gasteiger partial charge in [-0.15, -0.1) is 0 Å². The number of hydrogen-bond acceptors (Lipinski definition) is 7. The van der Waals surface area contributed by atoms with E-state index in [9.17, 15) is 14.7 Å². The number of hydrogen-bond donors (Lipinski definition) is 2. The molecular weight excluding hydrogens is 598 g/mol. The van der Waals surface area contributed by atoms with Crippen LogP contribution in [0.5, 0.6) is 0 Å². The van der Waals surface area contributed by atoms with Crippen LogP contribution >= 0.6 is 0 Å². The second-order valence-electron chi connectivity index (χ2n) is 12.4. The van der Waals surface area contributed by atoms with Gasteiger partial charge in [0.25, 0.3) is 5.56 Å². The Morgan fingerprint density at radius 1 is 1.04 bits per heavy atom. The number of benzene rings is 2. The number of rotatable bonds is 10. The molecule has 0 amide bonds. The summed E-state index contributed by atoms with van der Waals surface area (Å²) in [7, 11) is 0. The van der Waals surface area contributed by atoms with Crippen molar-refractivity contribution in [1.82, 2.24) is 24.3 Å². The molecular formula is C34H40KN5O5. The predicted molar refractivity (Wildman–Crippen MR) is 169 cm³/mol. The van der Waals surface area contributed by atoms with Crippen molar-refractivity contribution in [2.45, 2.75) is 83.5 Å². The zero-order valence-corrected chi connectivity index (χ0v) is 29.6. The number of aliphatic hydroxyl groups is 1. The van der Waals surface area contributed by atoms with Gasteiger partial charge in [-0.2, -0.15) is 5.10 Å². The first kappa shape index (κ1) is 33.7. The van der Waals surface area contributed by atoms with E-state index in [-0.39, 0.29) is 70.5 Å². The van der Waals surface area contributed by atoms with Gasteiger partial charge < -0.3 is 11.3 Å². The van der Waals surface area contributed by atoms with E-state index >= 15 is 0 Å². The molecule has 3 aromatic heterocycles. The summed E-state index contributed by atoms with van der Waals surface area (Å²) in [6.45, 7) is 5.92. The van der Waals surface area contributed by atoms with E-state index in [1.54, 1.807) is 20.0 Å². The summed E-state index contributed by atoms with van der Waals surface area (Å²) in [6.07, 6.45) is 7.34. The molecule has 2 N–H and O–H groups in total. The van der Waals surface area contributed by atoms with Crippen LogP contribution in [0.3, 0.4) is 0 Å². The number of fused-ring (bicyclic) bond motifs is 1. The Hall–Kier alpha value is -2.64. The molecule has 0 bridgehead atoms. The zero-order chi connectivity index (χ0) is 30.8. The standard InChI is InChI=1S/C34H39N5O5.K.H/c1-4-7-29-28(20-22-10-12-23(13-11-22)26-8-5-6-9-27(26)31-36-33(41)44-37-31)32(40)38(30-18-19-35-39(29)30)24-14-16-25(17-15-24)43-21-34(2,3)42;;/h5-6,8-13,18-19,24-25,42H,4,7,14-17,20-21H2,1-3H3,(H,36,37,41);;/q;+1;-1. The summed E-state index contributed by atoms with van der Waals surface area (Å²) in [5.41, 5.74) is 5.43. The topological polar surface area (TPSA) is 128 Å². The summed E-state index contributed by atoms with van der Waals surface area (Å²) in [5.74, 6) is -0.218. The largest absolute Gasteiger partial charge is 1.00 e. The summed E-state index contributed by atoms with van der Waals surface area (Å²) in [4.78, 5) is 28.5. The molecule has 0 spiro atoms. The number of ether oxygens (including phenoxy) is 1. The van der Waals surface area contributed by atoms with Crippen molar-refractivity contribution in [2.24, 2.45) is 0 Å². The Bertz CT molecular complexity index is 1860. The third kappa shape index (κ3) is 7.51. The Balaban J connectivity index is 0.00000240. The summed E-state index contributed by atoms with van der Waals surface area (Å²) >= 11 is 0.